The number of thiazole rings is 1. The van der Waals surface area contributed by atoms with E-state index in [1.807, 2.05) is 31.2 Å². The Balaban J connectivity index is 1.60. The molecule has 0 bridgehead atoms. The average Bonchev–Trinajstić information content (AvgIpc) is 3.46. The van der Waals surface area contributed by atoms with E-state index in [0.717, 1.165) is 40.9 Å². The van der Waals surface area contributed by atoms with Crippen molar-refractivity contribution in [2.45, 2.75) is 49.6 Å². The van der Waals surface area contributed by atoms with Crippen LogP contribution < -0.4 is 9.46 Å². The van der Waals surface area contributed by atoms with Crippen LogP contribution in [0.25, 0.3) is 10.2 Å². The fourth-order valence-electron chi connectivity index (χ4n) is 3.96. The van der Waals surface area contributed by atoms with Gasteiger partial charge in [-0.25, -0.2) is 18.1 Å². The van der Waals surface area contributed by atoms with Crippen molar-refractivity contribution in [3.63, 3.8) is 0 Å². The third-order valence-electron chi connectivity index (χ3n) is 5.95. The van der Waals surface area contributed by atoms with Crippen LogP contribution in [0.15, 0.2) is 47.4 Å². The first-order valence-electron chi connectivity index (χ1n) is 10.6. The molecular weight excluding hydrogens is 446 g/mol. The number of ether oxygens (including phenoxy) is 1. The summed E-state index contributed by atoms with van der Waals surface area (Å²) in [6.07, 6.45) is 3.67. The summed E-state index contributed by atoms with van der Waals surface area (Å²) >= 11 is 1.55. The summed E-state index contributed by atoms with van der Waals surface area (Å²) < 4.78 is 35.2. The molecule has 1 N–H and O–H groups in total. The van der Waals surface area contributed by atoms with Crippen molar-refractivity contribution in [1.82, 2.24) is 14.6 Å². The third kappa shape index (κ3) is 4.51. The van der Waals surface area contributed by atoms with Crippen molar-refractivity contribution in [1.29, 1.82) is 0 Å². The SMILES string of the molecule is COc1ccc(C(=O)N(C)[C@H](C)c2nc3ccccc3s2)cc1S(=O)(=O)NC1CCCC1. The molecule has 4 rings (SSSR count). The van der Waals surface area contributed by atoms with Crippen LogP contribution in [-0.4, -0.2) is 44.4 Å². The number of sulfonamides is 1. The molecule has 1 aromatic heterocycles. The Labute approximate surface area is 192 Å². The number of hydrogen-bond acceptors (Lipinski definition) is 6. The van der Waals surface area contributed by atoms with Crippen LogP contribution in [0.5, 0.6) is 5.75 Å². The van der Waals surface area contributed by atoms with E-state index in [9.17, 15) is 13.2 Å². The highest BCUT2D eigenvalue weighted by atomic mass is 32.2. The highest BCUT2D eigenvalue weighted by Gasteiger charge is 2.28. The van der Waals surface area contributed by atoms with Gasteiger partial charge in [-0.1, -0.05) is 25.0 Å². The van der Waals surface area contributed by atoms with Gasteiger partial charge in [0.05, 0.1) is 23.4 Å². The first kappa shape index (κ1) is 22.7. The fraction of sp³-hybridized carbons (Fsp3) is 0.391. The number of nitrogens with one attached hydrogen (secondary N) is 1. The van der Waals surface area contributed by atoms with Crippen LogP contribution in [0.4, 0.5) is 0 Å². The number of methoxy groups -OCH3 is 1. The van der Waals surface area contributed by atoms with Crippen LogP contribution >= 0.6 is 11.3 Å². The summed E-state index contributed by atoms with van der Waals surface area (Å²) in [6, 6.07) is 12.0. The lowest BCUT2D eigenvalue weighted by molar-refractivity contribution is 0.0742. The molecule has 0 spiro atoms. The van der Waals surface area contributed by atoms with Crippen LogP contribution in [0.2, 0.25) is 0 Å². The molecule has 1 aliphatic carbocycles. The molecule has 1 saturated carbocycles. The molecule has 0 saturated heterocycles. The number of carbonyl (C=O) groups is 1. The molecule has 1 atom stereocenters. The van der Waals surface area contributed by atoms with E-state index in [2.05, 4.69) is 9.71 Å². The molecule has 3 aromatic rings. The standard InChI is InChI=1S/C23H27N3O4S2/c1-15(22-24-18-10-6-7-11-20(18)31-22)26(2)23(27)16-12-13-19(30-3)21(14-16)32(28,29)25-17-8-4-5-9-17/h6-7,10-15,17,25H,4-5,8-9H2,1-3H3/t15-/m1/s1. The summed E-state index contributed by atoms with van der Waals surface area (Å²) in [4.78, 5) is 19.5. The quantitative estimate of drug-likeness (QED) is 0.551. The predicted octanol–water partition coefficient (Wildman–Crippen LogP) is 4.36. The van der Waals surface area contributed by atoms with Crippen LogP contribution in [0, 0.1) is 0 Å². The highest BCUT2D eigenvalue weighted by Crippen LogP contribution is 2.31. The van der Waals surface area contributed by atoms with E-state index in [0.29, 0.717) is 0 Å². The molecule has 1 amide bonds. The molecule has 1 heterocycles. The molecule has 0 unspecified atom stereocenters. The molecular formula is C23H27N3O4S2. The van der Waals surface area contributed by atoms with Gasteiger partial charge < -0.3 is 9.64 Å². The second-order valence-corrected chi connectivity index (χ2v) is 10.8. The summed E-state index contributed by atoms with van der Waals surface area (Å²) in [5.41, 5.74) is 1.18. The van der Waals surface area contributed by atoms with E-state index in [1.54, 1.807) is 29.4 Å². The Bertz CT molecular complexity index is 1200. The van der Waals surface area contributed by atoms with Crippen molar-refractivity contribution < 1.29 is 17.9 Å². The van der Waals surface area contributed by atoms with Crippen LogP contribution in [0.3, 0.4) is 0 Å². The predicted molar refractivity (Wildman–Crippen MR) is 126 cm³/mol. The number of nitrogens with zero attached hydrogens (tertiary/aromatic N) is 2. The van der Waals surface area contributed by atoms with Crippen LogP contribution in [0.1, 0.15) is 54.0 Å². The second-order valence-electron chi connectivity index (χ2n) is 8.08. The number of benzene rings is 2. The summed E-state index contributed by atoms with van der Waals surface area (Å²) in [5, 5.41) is 0.825. The minimum atomic E-state index is -3.81. The van der Waals surface area contributed by atoms with Gasteiger partial charge in [0, 0.05) is 18.7 Å². The topological polar surface area (TPSA) is 88.6 Å². The normalized spacial score (nSPS) is 15.7. The van der Waals surface area contributed by atoms with E-state index in [1.165, 1.54) is 19.2 Å². The zero-order valence-electron chi connectivity index (χ0n) is 18.4. The van der Waals surface area contributed by atoms with Gasteiger partial charge in [-0.05, 0) is 50.1 Å². The Morgan fingerprint density at radius 1 is 1.22 bits per heavy atom. The first-order valence-corrected chi connectivity index (χ1v) is 12.9. The monoisotopic (exact) mass is 473 g/mol. The highest BCUT2D eigenvalue weighted by molar-refractivity contribution is 7.89. The maximum atomic E-state index is 13.2. The molecule has 1 aliphatic rings. The van der Waals surface area contributed by atoms with Crippen molar-refractivity contribution in [2.75, 3.05) is 14.2 Å². The van der Waals surface area contributed by atoms with Gasteiger partial charge in [0.2, 0.25) is 10.0 Å². The van der Waals surface area contributed by atoms with E-state index in [4.69, 9.17) is 4.74 Å². The number of aromatic nitrogens is 1. The number of carbonyl (C=O) groups excluding carboxylic acids is 1. The lowest BCUT2D eigenvalue weighted by Crippen LogP contribution is -2.33. The molecule has 0 radical (unpaired) electrons. The van der Waals surface area contributed by atoms with Gasteiger partial charge in [-0.15, -0.1) is 11.3 Å². The van der Waals surface area contributed by atoms with Crippen molar-refractivity contribution in [3.8, 4) is 5.75 Å². The van der Waals surface area contributed by atoms with Gasteiger partial charge in [0.25, 0.3) is 5.91 Å². The number of fused-ring (bicyclic) bond motifs is 1. The minimum Gasteiger partial charge on any atom is -0.495 e. The molecule has 0 aliphatic heterocycles. The zero-order valence-corrected chi connectivity index (χ0v) is 20.0. The maximum absolute atomic E-state index is 13.2. The fourth-order valence-corrected chi connectivity index (χ4v) is 6.52. The zero-order chi connectivity index (χ0) is 22.9. The third-order valence-corrected chi connectivity index (χ3v) is 8.69. The van der Waals surface area contributed by atoms with Gasteiger partial charge in [-0.3, -0.25) is 4.79 Å². The van der Waals surface area contributed by atoms with E-state index in [-0.39, 0.29) is 34.2 Å². The Morgan fingerprint density at radius 2 is 1.94 bits per heavy atom. The molecule has 1 fully saturated rings. The smallest absolute Gasteiger partial charge is 0.254 e. The van der Waals surface area contributed by atoms with Gasteiger partial charge >= 0.3 is 0 Å². The minimum absolute atomic E-state index is 0.0150. The summed E-state index contributed by atoms with van der Waals surface area (Å²) in [7, 11) is -0.688. The number of para-hydroxylation sites is 1. The molecule has 170 valence electrons. The first-order chi connectivity index (χ1) is 15.3. The Morgan fingerprint density at radius 3 is 2.62 bits per heavy atom. The van der Waals surface area contributed by atoms with Crippen LogP contribution in [-0.2, 0) is 10.0 Å². The van der Waals surface area contributed by atoms with Crippen molar-refractivity contribution >= 4 is 37.5 Å². The van der Waals surface area contributed by atoms with Gasteiger partial charge in [0.15, 0.2) is 0 Å². The van der Waals surface area contributed by atoms with Crippen molar-refractivity contribution in [2.24, 2.45) is 0 Å². The number of rotatable bonds is 7. The Kier molecular flexibility index (Phi) is 6.50. The average molecular weight is 474 g/mol. The number of amides is 1. The molecule has 7 nitrogen and oxygen atoms in total. The lowest BCUT2D eigenvalue weighted by atomic mass is 10.1. The number of hydrogen-bond donors (Lipinski definition) is 1. The second kappa shape index (κ2) is 9.17. The summed E-state index contributed by atoms with van der Waals surface area (Å²) in [5.74, 6) is -0.0642. The lowest BCUT2D eigenvalue weighted by Gasteiger charge is -2.24. The van der Waals surface area contributed by atoms with Gasteiger partial charge in [-0.2, -0.15) is 0 Å². The maximum Gasteiger partial charge on any atom is 0.254 e. The largest absolute Gasteiger partial charge is 0.495 e. The molecule has 2 aromatic carbocycles. The van der Waals surface area contributed by atoms with Crippen molar-refractivity contribution in [3.05, 3.63) is 53.0 Å². The molecule has 32 heavy (non-hydrogen) atoms. The van der Waals surface area contributed by atoms with E-state index < -0.39 is 10.0 Å². The van der Waals surface area contributed by atoms with E-state index >= 15 is 0 Å². The summed E-state index contributed by atoms with van der Waals surface area (Å²) in [6.45, 7) is 1.92. The van der Waals surface area contributed by atoms with Gasteiger partial charge in [0.1, 0.15) is 15.7 Å². The molecule has 9 heteroatoms. The Hall–Kier alpha value is -2.49.